The second kappa shape index (κ2) is 4.06. The number of anilines is 1. The lowest BCUT2D eigenvalue weighted by Crippen LogP contribution is -2.03. The number of nitrogen functional groups attached to an aromatic ring is 1. The average molecular weight is 217 g/mol. The van der Waals surface area contributed by atoms with Crippen molar-refractivity contribution in [1.29, 1.82) is 0 Å². The predicted octanol–water partition coefficient (Wildman–Crippen LogP) is 1.24. The van der Waals surface area contributed by atoms with Crippen LogP contribution in [0, 0.1) is 0 Å². The minimum atomic E-state index is -0.373. The van der Waals surface area contributed by atoms with Crippen molar-refractivity contribution in [3.05, 3.63) is 42.1 Å². The number of ether oxygens (including phenoxy) is 1. The number of hydrogen-bond donors (Lipinski definition) is 1. The first kappa shape index (κ1) is 10.2. The number of carbonyl (C=O) groups is 1. The number of nitrogens with zero attached hydrogens (tertiary/aromatic N) is 2. The molecule has 1 aromatic heterocycles. The molecule has 2 aromatic rings. The molecule has 1 aromatic carbocycles. The summed E-state index contributed by atoms with van der Waals surface area (Å²) in [6.45, 7) is 0. The number of hydrogen-bond acceptors (Lipinski definition) is 4. The number of nitrogens with two attached hydrogens (primary N) is 1. The number of rotatable bonds is 2. The molecule has 0 bridgehead atoms. The van der Waals surface area contributed by atoms with Gasteiger partial charge in [0.2, 0.25) is 0 Å². The van der Waals surface area contributed by atoms with E-state index in [1.165, 1.54) is 7.11 Å². The molecule has 1 heterocycles. The fourth-order valence-electron chi connectivity index (χ4n) is 1.38. The minimum Gasteiger partial charge on any atom is -0.465 e. The molecule has 5 heteroatoms. The van der Waals surface area contributed by atoms with E-state index in [-0.39, 0.29) is 5.97 Å². The van der Waals surface area contributed by atoms with Gasteiger partial charge in [-0.2, -0.15) is 5.10 Å². The molecule has 0 aliphatic carbocycles. The molecular formula is C11H11N3O2. The first-order chi connectivity index (χ1) is 7.70. The van der Waals surface area contributed by atoms with Crippen LogP contribution in [0.3, 0.4) is 0 Å². The molecule has 0 amide bonds. The topological polar surface area (TPSA) is 70.1 Å². The van der Waals surface area contributed by atoms with Crippen molar-refractivity contribution in [3.63, 3.8) is 0 Å². The smallest absolute Gasteiger partial charge is 0.337 e. The summed E-state index contributed by atoms with van der Waals surface area (Å²) in [5.74, 6) is 0.0606. The Morgan fingerprint density at radius 3 is 2.88 bits per heavy atom. The Labute approximate surface area is 92.4 Å². The van der Waals surface area contributed by atoms with Crippen LogP contribution in [0.5, 0.6) is 0 Å². The van der Waals surface area contributed by atoms with Crippen LogP contribution >= 0.6 is 0 Å². The molecule has 0 spiro atoms. The predicted molar refractivity (Wildman–Crippen MR) is 59.3 cm³/mol. The quantitative estimate of drug-likeness (QED) is 0.768. The van der Waals surface area contributed by atoms with Gasteiger partial charge in [-0.1, -0.05) is 6.07 Å². The lowest BCUT2D eigenvalue weighted by Gasteiger charge is -2.03. The van der Waals surface area contributed by atoms with Gasteiger partial charge in [0, 0.05) is 12.3 Å². The number of benzene rings is 1. The van der Waals surface area contributed by atoms with E-state index in [1.54, 1.807) is 35.1 Å². The zero-order valence-electron chi connectivity index (χ0n) is 8.75. The molecule has 16 heavy (non-hydrogen) atoms. The fourth-order valence-corrected chi connectivity index (χ4v) is 1.38. The third kappa shape index (κ3) is 1.88. The maximum Gasteiger partial charge on any atom is 0.337 e. The molecule has 0 aliphatic rings. The second-order valence-electron chi connectivity index (χ2n) is 3.23. The van der Waals surface area contributed by atoms with Gasteiger partial charge in [0.1, 0.15) is 5.82 Å². The summed E-state index contributed by atoms with van der Waals surface area (Å²) < 4.78 is 6.24. The molecule has 0 radical (unpaired) electrons. The van der Waals surface area contributed by atoms with E-state index >= 15 is 0 Å². The van der Waals surface area contributed by atoms with Crippen LogP contribution in [0.4, 0.5) is 5.82 Å². The van der Waals surface area contributed by atoms with E-state index in [2.05, 4.69) is 9.84 Å². The highest BCUT2D eigenvalue weighted by Gasteiger charge is 2.06. The van der Waals surface area contributed by atoms with Gasteiger partial charge in [-0.3, -0.25) is 0 Å². The molecule has 0 unspecified atom stereocenters. The molecule has 0 saturated carbocycles. The molecule has 82 valence electrons. The van der Waals surface area contributed by atoms with Crippen LogP contribution in [0.15, 0.2) is 36.5 Å². The van der Waals surface area contributed by atoms with Crippen LogP contribution in [0.2, 0.25) is 0 Å². The summed E-state index contributed by atoms with van der Waals surface area (Å²) >= 11 is 0. The van der Waals surface area contributed by atoms with Crippen LogP contribution in [0.1, 0.15) is 10.4 Å². The summed E-state index contributed by atoms with van der Waals surface area (Å²) in [6, 6.07) is 8.66. The van der Waals surface area contributed by atoms with E-state index in [4.69, 9.17) is 5.73 Å². The Hall–Kier alpha value is -2.30. The highest BCUT2D eigenvalue weighted by molar-refractivity contribution is 5.89. The first-order valence-corrected chi connectivity index (χ1v) is 4.70. The summed E-state index contributed by atoms with van der Waals surface area (Å²) in [5, 5.41) is 4.05. The van der Waals surface area contributed by atoms with Crippen molar-refractivity contribution < 1.29 is 9.53 Å². The number of esters is 1. The Morgan fingerprint density at radius 2 is 2.25 bits per heavy atom. The van der Waals surface area contributed by atoms with Gasteiger partial charge in [0.05, 0.1) is 18.4 Å². The molecule has 0 aliphatic heterocycles. The largest absolute Gasteiger partial charge is 0.465 e. The molecule has 0 atom stereocenters. The van der Waals surface area contributed by atoms with Gasteiger partial charge in [0.25, 0.3) is 0 Å². The Balaban J connectivity index is 2.39. The van der Waals surface area contributed by atoms with Crippen LogP contribution < -0.4 is 5.73 Å². The first-order valence-electron chi connectivity index (χ1n) is 4.70. The maximum atomic E-state index is 11.3. The third-order valence-electron chi connectivity index (χ3n) is 2.14. The van der Waals surface area contributed by atoms with Crippen molar-refractivity contribution in [2.24, 2.45) is 0 Å². The van der Waals surface area contributed by atoms with E-state index in [0.717, 1.165) is 5.69 Å². The van der Waals surface area contributed by atoms with Gasteiger partial charge in [-0.05, 0) is 18.2 Å². The minimum absolute atomic E-state index is 0.373. The Morgan fingerprint density at radius 1 is 1.44 bits per heavy atom. The summed E-state index contributed by atoms with van der Waals surface area (Å²) in [6.07, 6.45) is 1.73. The average Bonchev–Trinajstić information content (AvgIpc) is 2.75. The number of carbonyl (C=O) groups excluding carboxylic acids is 1. The van der Waals surface area contributed by atoms with Gasteiger partial charge in [-0.25, -0.2) is 9.48 Å². The van der Waals surface area contributed by atoms with Gasteiger partial charge >= 0.3 is 5.97 Å². The van der Waals surface area contributed by atoms with Crippen LogP contribution in [-0.2, 0) is 4.74 Å². The van der Waals surface area contributed by atoms with E-state index in [0.29, 0.717) is 11.4 Å². The molecule has 2 rings (SSSR count). The zero-order valence-corrected chi connectivity index (χ0v) is 8.75. The van der Waals surface area contributed by atoms with Crippen molar-refractivity contribution in [3.8, 4) is 5.69 Å². The summed E-state index contributed by atoms with van der Waals surface area (Å²) in [5.41, 5.74) is 6.76. The van der Waals surface area contributed by atoms with Gasteiger partial charge < -0.3 is 10.5 Å². The molecule has 2 N–H and O–H groups in total. The van der Waals surface area contributed by atoms with Crippen molar-refractivity contribution in [2.75, 3.05) is 12.8 Å². The number of aromatic nitrogens is 2. The molecular weight excluding hydrogens is 206 g/mol. The normalized spacial score (nSPS) is 10.1. The van der Waals surface area contributed by atoms with E-state index in [9.17, 15) is 4.79 Å². The lowest BCUT2D eigenvalue weighted by atomic mass is 10.2. The lowest BCUT2D eigenvalue weighted by molar-refractivity contribution is 0.0600. The highest BCUT2D eigenvalue weighted by atomic mass is 16.5. The van der Waals surface area contributed by atoms with E-state index < -0.39 is 0 Å². The van der Waals surface area contributed by atoms with Gasteiger partial charge in [-0.15, -0.1) is 0 Å². The van der Waals surface area contributed by atoms with Gasteiger partial charge in [0.15, 0.2) is 0 Å². The highest BCUT2D eigenvalue weighted by Crippen LogP contribution is 2.11. The summed E-state index contributed by atoms with van der Waals surface area (Å²) in [4.78, 5) is 11.3. The zero-order chi connectivity index (χ0) is 11.5. The second-order valence-corrected chi connectivity index (χ2v) is 3.23. The van der Waals surface area contributed by atoms with Crippen LogP contribution in [-0.4, -0.2) is 22.9 Å². The standard InChI is InChI=1S/C11H11N3O2/c1-16-11(15)8-3-2-4-9(7-8)14-6-5-10(12)13-14/h2-7H,1H3,(H2,12,13). The summed E-state index contributed by atoms with van der Waals surface area (Å²) in [7, 11) is 1.35. The van der Waals surface area contributed by atoms with Crippen molar-refractivity contribution in [2.45, 2.75) is 0 Å². The molecule has 0 fully saturated rings. The monoisotopic (exact) mass is 217 g/mol. The van der Waals surface area contributed by atoms with E-state index in [1.807, 2.05) is 6.07 Å². The van der Waals surface area contributed by atoms with Crippen molar-refractivity contribution in [1.82, 2.24) is 9.78 Å². The molecule has 0 saturated heterocycles. The molecule has 5 nitrogen and oxygen atoms in total. The Bertz CT molecular complexity index is 519. The van der Waals surface area contributed by atoms with Crippen LogP contribution in [0.25, 0.3) is 5.69 Å². The third-order valence-corrected chi connectivity index (χ3v) is 2.14. The number of methoxy groups -OCH3 is 1. The van der Waals surface area contributed by atoms with Crippen molar-refractivity contribution >= 4 is 11.8 Å². The SMILES string of the molecule is COC(=O)c1cccc(-n2ccc(N)n2)c1. The maximum absolute atomic E-state index is 11.3. The Kier molecular flexibility index (Phi) is 2.59. The fraction of sp³-hybridized carbons (Fsp3) is 0.0909.